The highest BCUT2D eigenvalue weighted by atomic mass is 16.5. The highest BCUT2D eigenvalue weighted by Gasteiger charge is 2.12. The van der Waals surface area contributed by atoms with Gasteiger partial charge in [-0.1, -0.05) is 18.2 Å². The summed E-state index contributed by atoms with van der Waals surface area (Å²) in [7, 11) is 3.21. The van der Waals surface area contributed by atoms with Crippen molar-refractivity contribution in [2.45, 2.75) is 6.92 Å². The maximum absolute atomic E-state index is 10.1. The van der Waals surface area contributed by atoms with Crippen LogP contribution < -0.4 is 9.47 Å². The highest BCUT2D eigenvalue weighted by molar-refractivity contribution is 5.82. The van der Waals surface area contributed by atoms with E-state index in [1.807, 2.05) is 60.3 Å². The van der Waals surface area contributed by atoms with Gasteiger partial charge in [0, 0.05) is 12.4 Å². The van der Waals surface area contributed by atoms with Crippen molar-refractivity contribution in [3.05, 3.63) is 78.1 Å². The molecule has 0 radical (unpaired) electrons. The van der Waals surface area contributed by atoms with Crippen LogP contribution in [0.3, 0.4) is 0 Å². The predicted octanol–water partition coefficient (Wildman–Crippen LogP) is 4.65. The third-order valence-corrected chi connectivity index (χ3v) is 4.15. The molecule has 128 valence electrons. The second kappa shape index (κ2) is 7.18. The van der Waals surface area contributed by atoms with Gasteiger partial charge in [-0.15, -0.1) is 0 Å². The van der Waals surface area contributed by atoms with E-state index in [1.165, 1.54) is 7.11 Å². The smallest absolute Gasteiger partial charge is 0.160 e. The second-order valence-corrected chi connectivity index (χ2v) is 5.57. The number of phenolic OH excluding ortho intramolecular Hbond substituents is 1. The highest BCUT2D eigenvalue weighted by Crippen LogP contribution is 2.34. The fourth-order valence-corrected chi connectivity index (χ4v) is 2.91. The molecule has 0 saturated heterocycles. The molecule has 0 fully saturated rings. The molecular weight excluding hydrogens is 314 g/mol. The van der Waals surface area contributed by atoms with E-state index < -0.39 is 0 Å². The summed E-state index contributed by atoms with van der Waals surface area (Å²) in [6.07, 6.45) is 5.99. The molecule has 4 nitrogen and oxygen atoms in total. The topological polar surface area (TPSA) is 43.6 Å². The van der Waals surface area contributed by atoms with Crippen molar-refractivity contribution in [1.82, 2.24) is 4.57 Å². The van der Waals surface area contributed by atoms with Crippen LogP contribution in [0.2, 0.25) is 0 Å². The minimum Gasteiger partial charge on any atom is -0.504 e. The summed E-state index contributed by atoms with van der Waals surface area (Å²) >= 11 is 0. The molecule has 0 saturated carbocycles. The van der Waals surface area contributed by atoms with E-state index >= 15 is 0 Å². The zero-order valence-electron chi connectivity index (χ0n) is 14.6. The van der Waals surface area contributed by atoms with Crippen LogP contribution in [0.5, 0.6) is 17.2 Å². The number of aromatic nitrogens is 1. The van der Waals surface area contributed by atoms with Gasteiger partial charge < -0.3 is 19.1 Å². The van der Waals surface area contributed by atoms with E-state index in [9.17, 15) is 5.11 Å². The van der Waals surface area contributed by atoms with Crippen LogP contribution in [0.1, 0.15) is 18.1 Å². The molecule has 0 aliphatic rings. The molecule has 25 heavy (non-hydrogen) atoms. The summed E-state index contributed by atoms with van der Waals surface area (Å²) < 4.78 is 12.6. The summed E-state index contributed by atoms with van der Waals surface area (Å²) in [6, 6.07) is 15.4. The number of nitrogens with zero attached hydrogens (tertiary/aromatic N) is 1. The first-order chi connectivity index (χ1) is 12.2. The molecule has 1 N–H and O–H groups in total. The van der Waals surface area contributed by atoms with Gasteiger partial charge in [0.05, 0.1) is 19.9 Å². The Labute approximate surface area is 147 Å². The number of allylic oxidation sites excluding steroid dienone is 1. The number of hydrogen-bond acceptors (Lipinski definition) is 3. The fraction of sp³-hybridized carbons (Fsp3) is 0.143. The van der Waals surface area contributed by atoms with Crippen LogP contribution in [0.15, 0.2) is 67.0 Å². The third kappa shape index (κ3) is 3.24. The van der Waals surface area contributed by atoms with Crippen molar-refractivity contribution in [2.75, 3.05) is 14.2 Å². The summed E-state index contributed by atoms with van der Waals surface area (Å²) in [5.74, 6) is 1.38. The number of phenols is 1. The molecule has 0 bridgehead atoms. The zero-order chi connectivity index (χ0) is 17.8. The standard InChI is InChI=1S/C21H21NO3/c1-4-17(16-8-10-21(25-3)19(23)14-16)15-7-9-20(24-2)18(13-15)22-11-5-6-12-22/h4-14,23H,1-3H3. The van der Waals surface area contributed by atoms with Crippen LogP contribution >= 0.6 is 0 Å². The van der Waals surface area contributed by atoms with Gasteiger partial charge in [-0.05, 0) is 60.0 Å². The molecule has 3 rings (SSSR count). The molecule has 0 aliphatic heterocycles. The number of benzene rings is 2. The first kappa shape index (κ1) is 16.7. The van der Waals surface area contributed by atoms with Crippen molar-refractivity contribution in [2.24, 2.45) is 0 Å². The summed E-state index contributed by atoms with van der Waals surface area (Å²) in [5.41, 5.74) is 3.94. The van der Waals surface area contributed by atoms with E-state index in [1.54, 1.807) is 19.2 Å². The third-order valence-electron chi connectivity index (χ3n) is 4.15. The number of ether oxygens (including phenoxy) is 2. The molecule has 2 aromatic carbocycles. The monoisotopic (exact) mass is 335 g/mol. The van der Waals surface area contributed by atoms with E-state index in [2.05, 4.69) is 6.07 Å². The Hall–Kier alpha value is -3.14. The molecule has 4 heteroatoms. The Balaban J connectivity index is 2.08. The maximum Gasteiger partial charge on any atom is 0.160 e. The van der Waals surface area contributed by atoms with Crippen molar-refractivity contribution in [1.29, 1.82) is 0 Å². The van der Waals surface area contributed by atoms with Crippen LogP contribution in [0.25, 0.3) is 11.3 Å². The SMILES string of the molecule is CC=C(c1ccc(OC)c(O)c1)c1ccc(OC)c(-n2cccc2)c1. The Morgan fingerprint density at radius 2 is 1.52 bits per heavy atom. The lowest BCUT2D eigenvalue weighted by Gasteiger charge is -2.15. The van der Waals surface area contributed by atoms with Gasteiger partial charge in [-0.25, -0.2) is 0 Å². The molecule has 1 aromatic heterocycles. The van der Waals surface area contributed by atoms with E-state index in [0.29, 0.717) is 5.75 Å². The number of aromatic hydroxyl groups is 1. The number of rotatable bonds is 5. The normalized spacial score (nSPS) is 11.4. The van der Waals surface area contributed by atoms with Gasteiger partial charge in [0.2, 0.25) is 0 Å². The quantitative estimate of drug-likeness (QED) is 0.738. The fourth-order valence-electron chi connectivity index (χ4n) is 2.91. The lowest BCUT2D eigenvalue weighted by molar-refractivity contribution is 0.373. The molecule has 0 atom stereocenters. The Morgan fingerprint density at radius 3 is 2.08 bits per heavy atom. The molecule has 0 aliphatic carbocycles. The van der Waals surface area contributed by atoms with Crippen molar-refractivity contribution < 1.29 is 14.6 Å². The molecule has 0 unspecified atom stereocenters. The number of methoxy groups -OCH3 is 2. The molecule has 3 aromatic rings. The lowest BCUT2D eigenvalue weighted by atomic mass is 9.96. The maximum atomic E-state index is 10.1. The predicted molar refractivity (Wildman–Crippen MR) is 99.7 cm³/mol. The first-order valence-electron chi connectivity index (χ1n) is 8.03. The Bertz CT molecular complexity index is 896. The first-order valence-corrected chi connectivity index (χ1v) is 8.03. The van der Waals surface area contributed by atoms with Gasteiger partial charge in [-0.3, -0.25) is 0 Å². The van der Waals surface area contributed by atoms with Crippen molar-refractivity contribution in [3.63, 3.8) is 0 Å². The second-order valence-electron chi connectivity index (χ2n) is 5.57. The molecular formula is C21H21NO3. The zero-order valence-corrected chi connectivity index (χ0v) is 14.6. The van der Waals surface area contributed by atoms with Gasteiger partial charge in [0.25, 0.3) is 0 Å². The van der Waals surface area contributed by atoms with Crippen LogP contribution in [-0.4, -0.2) is 23.9 Å². The van der Waals surface area contributed by atoms with Gasteiger partial charge >= 0.3 is 0 Å². The van der Waals surface area contributed by atoms with E-state index in [0.717, 1.165) is 28.1 Å². The van der Waals surface area contributed by atoms with Gasteiger partial charge in [0.15, 0.2) is 11.5 Å². The minimum absolute atomic E-state index is 0.124. The summed E-state index contributed by atoms with van der Waals surface area (Å²) in [6.45, 7) is 1.98. The van der Waals surface area contributed by atoms with Gasteiger partial charge in [-0.2, -0.15) is 0 Å². The summed E-state index contributed by atoms with van der Waals surface area (Å²) in [5, 5.41) is 10.1. The van der Waals surface area contributed by atoms with Crippen LogP contribution in [0, 0.1) is 0 Å². The van der Waals surface area contributed by atoms with Crippen molar-refractivity contribution in [3.8, 4) is 22.9 Å². The van der Waals surface area contributed by atoms with Crippen LogP contribution in [0.4, 0.5) is 0 Å². The average molecular weight is 335 g/mol. The number of hydrogen-bond donors (Lipinski definition) is 1. The van der Waals surface area contributed by atoms with E-state index in [4.69, 9.17) is 9.47 Å². The lowest BCUT2D eigenvalue weighted by Crippen LogP contribution is -1.98. The van der Waals surface area contributed by atoms with Gasteiger partial charge in [0.1, 0.15) is 5.75 Å². The molecule has 0 spiro atoms. The molecule has 0 amide bonds. The largest absolute Gasteiger partial charge is 0.504 e. The minimum atomic E-state index is 0.124. The van der Waals surface area contributed by atoms with E-state index in [-0.39, 0.29) is 5.75 Å². The average Bonchev–Trinajstić information content (AvgIpc) is 3.17. The molecule has 1 heterocycles. The Kier molecular flexibility index (Phi) is 4.80. The van der Waals surface area contributed by atoms with Crippen LogP contribution in [-0.2, 0) is 0 Å². The Morgan fingerprint density at radius 1 is 0.920 bits per heavy atom. The van der Waals surface area contributed by atoms with Crippen molar-refractivity contribution >= 4 is 5.57 Å². The summed E-state index contributed by atoms with van der Waals surface area (Å²) in [4.78, 5) is 0.